The Balaban J connectivity index is 1.49. The van der Waals surface area contributed by atoms with E-state index in [1.807, 2.05) is 0 Å². The van der Waals surface area contributed by atoms with Gasteiger partial charge in [0, 0.05) is 27.2 Å². The molecule has 0 aliphatic carbocycles. The van der Waals surface area contributed by atoms with Crippen LogP contribution in [0, 0.1) is 0 Å². The Labute approximate surface area is 258 Å². The third-order valence-electron chi connectivity index (χ3n) is 9.29. The highest BCUT2D eigenvalue weighted by molar-refractivity contribution is 6.28. The Bertz CT molecular complexity index is 2750. The summed E-state index contributed by atoms with van der Waals surface area (Å²) in [4.78, 5) is 3.85. The van der Waals surface area contributed by atoms with Gasteiger partial charge in [-0.1, -0.05) is 103 Å². The fraction of sp³-hybridized carbons (Fsp3) is 0. The molecule has 0 bridgehead atoms. The molecule has 0 spiro atoms. The Kier molecular flexibility index (Phi) is 4.96. The maximum atomic E-state index is 3.85. The van der Waals surface area contributed by atoms with Gasteiger partial charge >= 0.3 is 5.95 Å². The van der Waals surface area contributed by atoms with Crippen LogP contribution in [0.2, 0.25) is 0 Å². The van der Waals surface area contributed by atoms with Crippen molar-refractivity contribution >= 4 is 65.4 Å². The van der Waals surface area contributed by atoms with Gasteiger partial charge in [-0.25, -0.2) is 4.98 Å². The van der Waals surface area contributed by atoms with Crippen LogP contribution in [0.5, 0.6) is 0 Å². The Morgan fingerprint density at radius 2 is 1.11 bits per heavy atom. The van der Waals surface area contributed by atoms with Gasteiger partial charge in [-0.3, -0.25) is 0 Å². The van der Waals surface area contributed by atoms with Crippen LogP contribution in [0.4, 0.5) is 0 Å². The lowest BCUT2D eigenvalue weighted by Crippen LogP contribution is -2.34. The van der Waals surface area contributed by atoms with E-state index in [9.17, 15) is 0 Å². The van der Waals surface area contributed by atoms with E-state index in [0.29, 0.717) is 0 Å². The van der Waals surface area contributed by atoms with Crippen LogP contribution < -0.4 is 4.57 Å². The molecule has 0 fully saturated rings. The van der Waals surface area contributed by atoms with Crippen LogP contribution in [-0.2, 0) is 0 Å². The van der Waals surface area contributed by atoms with Gasteiger partial charge in [-0.2, -0.15) is 9.13 Å². The molecule has 4 heteroatoms. The molecule has 10 rings (SSSR count). The minimum Gasteiger partial charge on any atom is -0.306 e. The molecule has 10 aromatic rings. The van der Waals surface area contributed by atoms with E-state index >= 15 is 0 Å². The lowest BCUT2D eigenvalue weighted by molar-refractivity contribution is -0.560. The van der Waals surface area contributed by atoms with Crippen LogP contribution in [0.3, 0.4) is 0 Å². The summed E-state index contributed by atoms with van der Waals surface area (Å²) in [7, 11) is 0. The number of nitrogens with one attached hydrogen (secondary N) is 1. The SMILES string of the molecule is c1ccc(-n2c3ccc4ccccc4c3c3ccc4c5ccccc5n(-c5[nH]c6ccccc6[n+]5-c5ccccc5)c4c32)cc1. The monoisotopic (exact) mass is 575 g/mol. The fourth-order valence-corrected chi connectivity index (χ4v) is 7.44. The van der Waals surface area contributed by atoms with Crippen LogP contribution in [0.15, 0.2) is 158 Å². The predicted molar refractivity (Wildman–Crippen MR) is 186 cm³/mol. The lowest BCUT2D eigenvalue weighted by atomic mass is 10.0. The molecule has 1 N–H and O–H groups in total. The second-order valence-electron chi connectivity index (χ2n) is 11.7. The molecule has 3 heterocycles. The van der Waals surface area contributed by atoms with Crippen LogP contribution in [0.1, 0.15) is 0 Å². The Morgan fingerprint density at radius 3 is 1.98 bits per heavy atom. The van der Waals surface area contributed by atoms with E-state index in [1.165, 1.54) is 48.9 Å². The van der Waals surface area contributed by atoms with Gasteiger partial charge in [-0.15, -0.1) is 0 Å². The number of rotatable bonds is 3. The molecule has 0 radical (unpaired) electrons. The van der Waals surface area contributed by atoms with Crippen LogP contribution >= 0.6 is 0 Å². The van der Waals surface area contributed by atoms with E-state index in [2.05, 4.69) is 176 Å². The average Bonchev–Trinajstić information content (AvgIpc) is 3.76. The summed E-state index contributed by atoms with van der Waals surface area (Å²) in [5.41, 5.74) is 9.20. The average molecular weight is 576 g/mol. The van der Waals surface area contributed by atoms with Crippen molar-refractivity contribution in [2.24, 2.45) is 0 Å². The highest BCUT2D eigenvalue weighted by atomic mass is 15.3. The Morgan fingerprint density at radius 1 is 0.444 bits per heavy atom. The highest BCUT2D eigenvalue weighted by Gasteiger charge is 2.29. The van der Waals surface area contributed by atoms with Crippen molar-refractivity contribution in [3.8, 4) is 17.3 Å². The number of H-pyrrole nitrogens is 1. The van der Waals surface area contributed by atoms with E-state index in [4.69, 9.17) is 0 Å². The van der Waals surface area contributed by atoms with E-state index in [-0.39, 0.29) is 0 Å². The number of fused-ring (bicyclic) bond motifs is 10. The van der Waals surface area contributed by atoms with Gasteiger partial charge in [0.25, 0.3) is 0 Å². The largest absolute Gasteiger partial charge is 0.373 e. The summed E-state index contributed by atoms with van der Waals surface area (Å²) in [5.74, 6) is 0.996. The third-order valence-corrected chi connectivity index (χ3v) is 9.29. The van der Waals surface area contributed by atoms with Crippen LogP contribution in [-0.4, -0.2) is 14.1 Å². The van der Waals surface area contributed by atoms with E-state index < -0.39 is 0 Å². The molecule has 0 saturated carbocycles. The van der Waals surface area contributed by atoms with Crippen molar-refractivity contribution < 1.29 is 4.57 Å². The van der Waals surface area contributed by atoms with Crippen molar-refractivity contribution in [2.45, 2.75) is 0 Å². The first-order valence-electron chi connectivity index (χ1n) is 15.4. The zero-order valence-electron chi connectivity index (χ0n) is 24.4. The molecule has 45 heavy (non-hydrogen) atoms. The van der Waals surface area contributed by atoms with Gasteiger partial charge < -0.3 is 4.57 Å². The zero-order valence-corrected chi connectivity index (χ0v) is 24.4. The molecular formula is C41H27N4+. The number of hydrogen-bond donors (Lipinski definition) is 1. The Hall–Kier alpha value is -6.13. The third kappa shape index (κ3) is 3.34. The van der Waals surface area contributed by atoms with Gasteiger partial charge in [0.2, 0.25) is 0 Å². The van der Waals surface area contributed by atoms with Crippen molar-refractivity contribution in [3.05, 3.63) is 158 Å². The normalized spacial score (nSPS) is 12.0. The molecule has 0 aliphatic rings. The lowest BCUT2D eigenvalue weighted by Gasteiger charge is -2.10. The molecule has 0 atom stereocenters. The number of nitrogens with zero attached hydrogens (tertiary/aromatic N) is 3. The van der Waals surface area contributed by atoms with E-state index in [1.54, 1.807) is 0 Å². The maximum Gasteiger partial charge on any atom is 0.373 e. The number of aromatic nitrogens is 4. The number of imidazole rings is 1. The molecule has 3 aromatic heterocycles. The molecule has 0 saturated heterocycles. The van der Waals surface area contributed by atoms with Gasteiger partial charge in [0.05, 0.1) is 11.0 Å². The minimum absolute atomic E-state index is 0.996. The summed E-state index contributed by atoms with van der Waals surface area (Å²) in [6.45, 7) is 0. The van der Waals surface area contributed by atoms with Crippen molar-refractivity contribution in [2.75, 3.05) is 0 Å². The number of benzene rings is 7. The second-order valence-corrected chi connectivity index (χ2v) is 11.7. The number of hydrogen-bond acceptors (Lipinski definition) is 0. The van der Waals surface area contributed by atoms with Gasteiger partial charge in [0.1, 0.15) is 27.8 Å². The molecule has 0 amide bonds. The number of para-hydroxylation sites is 5. The van der Waals surface area contributed by atoms with E-state index in [0.717, 1.165) is 33.9 Å². The second kappa shape index (κ2) is 9.18. The summed E-state index contributed by atoms with van der Waals surface area (Å²) in [6.07, 6.45) is 0. The standard InChI is InChI=1S/C41H26N4/c1-3-14-28(15-4-1)43-37-26-23-27-13-7-8-18-30(27)38(37)33-25-24-32-31-19-9-11-21-35(31)45(39(32)40(33)43)41-42-34-20-10-12-22-36(34)44(41)29-16-5-2-6-17-29/h1-26H/p+1. The smallest absolute Gasteiger partial charge is 0.306 e. The molecule has 0 unspecified atom stereocenters. The summed E-state index contributed by atoms with van der Waals surface area (Å²) < 4.78 is 7.26. The highest BCUT2D eigenvalue weighted by Crippen LogP contribution is 2.43. The minimum atomic E-state index is 0.996. The first kappa shape index (κ1) is 24.3. The first-order chi connectivity index (χ1) is 22.4. The quantitative estimate of drug-likeness (QED) is 0.203. The molecule has 7 aromatic carbocycles. The molecule has 4 nitrogen and oxygen atoms in total. The van der Waals surface area contributed by atoms with Gasteiger partial charge in [0.15, 0.2) is 0 Å². The fourth-order valence-electron chi connectivity index (χ4n) is 7.44. The molecule has 0 aliphatic heterocycles. The summed E-state index contributed by atoms with van der Waals surface area (Å²) >= 11 is 0. The van der Waals surface area contributed by atoms with Crippen molar-refractivity contribution in [1.82, 2.24) is 14.1 Å². The van der Waals surface area contributed by atoms with Gasteiger partial charge in [-0.05, 0) is 65.4 Å². The van der Waals surface area contributed by atoms with Crippen molar-refractivity contribution in [3.63, 3.8) is 0 Å². The summed E-state index contributed by atoms with van der Waals surface area (Å²) in [5, 5.41) is 7.47. The molecule has 210 valence electrons. The number of aromatic amines is 1. The first-order valence-corrected chi connectivity index (χ1v) is 15.4. The summed E-state index contributed by atoms with van der Waals surface area (Å²) in [6, 6.07) is 56.7. The van der Waals surface area contributed by atoms with Crippen molar-refractivity contribution in [1.29, 1.82) is 0 Å². The topological polar surface area (TPSA) is 29.5 Å². The predicted octanol–water partition coefficient (Wildman–Crippen LogP) is 9.79. The zero-order chi connectivity index (χ0) is 29.5. The van der Waals surface area contributed by atoms with Crippen LogP contribution in [0.25, 0.3) is 82.7 Å². The maximum absolute atomic E-state index is 3.85. The molecular weight excluding hydrogens is 548 g/mol.